The van der Waals surface area contributed by atoms with Gasteiger partial charge in [0.15, 0.2) is 0 Å². The van der Waals surface area contributed by atoms with Gasteiger partial charge in [-0.2, -0.15) is 0 Å². The monoisotopic (exact) mass is 367 g/mol. The number of hydrogen-bond acceptors (Lipinski definition) is 3. The molecule has 0 aliphatic rings. The lowest BCUT2D eigenvalue weighted by Crippen LogP contribution is -2.26. The third-order valence-electron chi connectivity index (χ3n) is 4.14. The highest BCUT2D eigenvalue weighted by Crippen LogP contribution is 2.12. The molecule has 0 fully saturated rings. The fourth-order valence-electron chi connectivity index (χ4n) is 2.59. The van der Waals surface area contributed by atoms with Crippen LogP contribution in [0.15, 0.2) is 24.3 Å². The minimum atomic E-state index is -0.464. The third-order valence-corrected chi connectivity index (χ3v) is 6.11. The molecule has 6 heteroatoms. The molecule has 0 radical (unpaired) electrons. The number of rotatable bonds is 13. The topological polar surface area (TPSA) is 72.2 Å². The van der Waals surface area contributed by atoms with Gasteiger partial charge in [-0.15, -0.1) is 0 Å². The third kappa shape index (κ3) is 9.48. The van der Waals surface area contributed by atoms with E-state index in [0.717, 1.165) is 12.2 Å². The van der Waals surface area contributed by atoms with Crippen LogP contribution in [0.2, 0.25) is 0 Å². The number of nitro benzene ring substituents is 1. The van der Waals surface area contributed by atoms with Crippen molar-refractivity contribution in [2.75, 3.05) is 24.3 Å². The predicted octanol–water partition coefficient (Wildman–Crippen LogP) is 4.32. The van der Waals surface area contributed by atoms with Crippen LogP contribution < -0.4 is 5.32 Å². The Morgan fingerprint density at radius 3 is 2.28 bits per heavy atom. The van der Waals surface area contributed by atoms with Crippen molar-refractivity contribution in [3.8, 4) is 0 Å². The molecule has 0 bridgehead atoms. The number of unbranched alkanes of at least 4 members (excludes halogenated alkanes) is 5. The van der Waals surface area contributed by atoms with Gasteiger partial charge in [-0.1, -0.05) is 32.6 Å². The van der Waals surface area contributed by atoms with E-state index in [2.05, 4.69) is 18.5 Å². The van der Waals surface area contributed by atoms with E-state index in [1.165, 1.54) is 68.5 Å². The standard InChI is InChI=1S/C19H30N2O3S/c1-3-4-5-6-7-8-15-25(2)16-9-14-20-19(22)17-10-12-18(13-11-17)21(23)24/h10-13H,3-9,14-16H2,1-2H3/p+1. The van der Waals surface area contributed by atoms with Crippen LogP contribution in [0.3, 0.4) is 0 Å². The minimum Gasteiger partial charge on any atom is -0.352 e. The van der Waals surface area contributed by atoms with Gasteiger partial charge in [0.25, 0.3) is 11.6 Å². The summed E-state index contributed by atoms with van der Waals surface area (Å²) in [4.78, 5) is 22.1. The molecule has 0 heterocycles. The molecule has 1 aromatic rings. The van der Waals surface area contributed by atoms with Crippen LogP contribution in [0.1, 0.15) is 62.2 Å². The van der Waals surface area contributed by atoms with Crippen LogP contribution in [0.5, 0.6) is 0 Å². The Balaban J connectivity index is 2.11. The number of benzene rings is 1. The quantitative estimate of drug-likeness (QED) is 0.244. The van der Waals surface area contributed by atoms with Crippen molar-refractivity contribution in [3.63, 3.8) is 0 Å². The number of amides is 1. The second-order valence-corrected chi connectivity index (χ2v) is 8.75. The molecule has 1 N–H and O–H groups in total. The van der Waals surface area contributed by atoms with E-state index in [1.54, 1.807) is 0 Å². The van der Waals surface area contributed by atoms with E-state index in [9.17, 15) is 14.9 Å². The zero-order valence-corrected chi connectivity index (χ0v) is 16.3. The first-order valence-corrected chi connectivity index (χ1v) is 11.1. The summed E-state index contributed by atoms with van der Waals surface area (Å²) >= 11 is 0. The van der Waals surface area contributed by atoms with Crippen LogP contribution >= 0.6 is 0 Å². The van der Waals surface area contributed by atoms with Gasteiger partial charge in [0.2, 0.25) is 0 Å². The zero-order valence-electron chi connectivity index (χ0n) is 15.5. The number of nitro groups is 1. The largest absolute Gasteiger partial charge is 0.352 e. The number of non-ortho nitro benzene ring substituents is 1. The second kappa shape index (κ2) is 12.8. The maximum absolute atomic E-state index is 12.0. The summed E-state index contributed by atoms with van der Waals surface area (Å²) in [6.07, 6.45) is 11.3. The fourth-order valence-corrected chi connectivity index (χ4v) is 4.13. The van der Waals surface area contributed by atoms with Crippen molar-refractivity contribution in [3.05, 3.63) is 39.9 Å². The highest BCUT2D eigenvalue weighted by atomic mass is 32.2. The maximum Gasteiger partial charge on any atom is 0.269 e. The van der Waals surface area contributed by atoms with Crippen LogP contribution in [0, 0.1) is 10.1 Å². The lowest BCUT2D eigenvalue weighted by molar-refractivity contribution is -0.384. The van der Waals surface area contributed by atoms with Gasteiger partial charge in [-0.25, -0.2) is 0 Å². The molecular weight excluding hydrogens is 336 g/mol. The molecule has 0 aliphatic carbocycles. The lowest BCUT2D eigenvalue weighted by Gasteiger charge is -2.06. The van der Waals surface area contributed by atoms with E-state index >= 15 is 0 Å². The molecule has 25 heavy (non-hydrogen) atoms. The van der Waals surface area contributed by atoms with Crippen molar-refractivity contribution in [1.82, 2.24) is 5.32 Å². The zero-order chi connectivity index (χ0) is 18.5. The van der Waals surface area contributed by atoms with Crippen LogP contribution in [-0.2, 0) is 10.9 Å². The molecule has 1 atom stereocenters. The van der Waals surface area contributed by atoms with Crippen molar-refractivity contribution < 1.29 is 9.72 Å². The average Bonchev–Trinajstić information content (AvgIpc) is 2.61. The van der Waals surface area contributed by atoms with Crippen LogP contribution in [0.4, 0.5) is 5.69 Å². The van der Waals surface area contributed by atoms with Gasteiger partial charge < -0.3 is 5.32 Å². The molecule has 5 nitrogen and oxygen atoms in total. The van der Waals surface area contributed by atoms with Crippen LogP contribution in [0.25, 0.3) is 0 Å². The molecule has 0 saturated carbocycles. The lowest BCUT2D eigenvalue weighted by atomic mass is 10.1. The number of hydrogen-bond donors (Lipinski definition) is 1. The summed E-state index contributed by atoms with van der Waals surface area (Å²) in [6, 6.07) is 5.71. The molecule has 0 aromatic heterocycles. The van der Waals surface area contributed by atoms with E-state index in [1.807, 2.05) is 0 Å². The molecule has 0 aliphatic heterocycles. The SMILES string of the molecule is CCCCCCCC[S+](C)CCCNC(=O)c1ccc([N+](=O)[O-])cc1. The predicted molar refractivity (Wildman–Crippen MR) is 106 cm³/mol. The number of nitrogens with one attached hydrogen (secondary N) is 1. The highest BCUT2D eigenvalue weighted by molar-refractivity contribution is 7.96. The second-order valence-electron chi connectivity index (χ2n) is 6.37. The molecule has 0 spiro atoms. The van der Waals surface area contributed by atoms with Gasteiger partial charge in [-0.05, 0) is 35.9 Å². The Hall–Kier alpha value is -1.56. The summed E-state index contributed by atoms with van der Waals surface area (Å²) < 4.78 is 0. The number of carbonyl (C=O) groups is 1. The molecule has 1 aromatic carbocycles. The van der Waals surface area contributed by atoms with Gasteiger partial charge in [0.1, 0.15) is 11.5 Å². The smallest absolute Gasteiger partial charge is 0.269 e. The minimum absolute atomic E-state index is 0.00117. The molecular formula is C19H31N2O3S+. The Morgan fingerprint density at radius 2 is 1.64 bits per heavy atom. The van der Waals surface area contributed by atoms with E-state index in [4.69, 9.17) is 0 Å². The molecule has 1 unspecified atom stereocenters. The van der Waals surface area contributed by atoms with Crippen molar-refractivity contribution in [2.24, 2.45) is 0 Å². The normalized spacial score (nSPS) is 11.9. The van der Waals surface area contributed by atoms with E-state index in [-0.39, 0.29) is 11.6 Å². The number of nitrogens with zero attached hydrogens (tertiary/aromatic N) is 1. The molecule has 1 rings (SSSR count). The fraction of sp³-hybridized carbons (Fsp3) is 0.632. The Bertz CT molecular complexity index is 520. The van der Waals surface area contributed by atoms with E-state index < -0.39 is 4.92 Å². The van der Waals surface area contributed by atoms with E-state index in [0.29, 0.717) is 23.0 Å². The molecule has 1 amide bonds. The van der Waals surface area contributed by atoms with Crippen molar-refractivity contribution >= 4 is 22.5 Å². The van der Waals surface area contributed by atoms with Gasteiger partial charge >= 0.3 is 0 Å². The first-order chi connectivity index (χ1) is 12.0. The Labute approximate surface area is 154 Å². The van der Waals surface area contributed by atoms with Crippen molar-refractivity contribution in [2.45, 2.75) is 51.9 Å². The first-order valence-electron chi connectivity index (χ1n) is 9.16. The summed E-state index contributed by atoms with van der Waals surface area (Å²) in [5.74, 6) is 2.28. The Kier molecular flexibility index (Phi) is 11.0. The first kappa shape index (κ1) is 21.5. The van der Waals surface area contributed by atoms with Gasteiger partial charge in [0.05, 0.1) is 11.2 Å². The summed E-state index contributed by atoms with van der Waals surface area (Å²) in [7, 11) is 0.429. The van der Waals surface area contributed by atoms with Gasteiger partial charge in [0, 0.05) is 30.7 Å². The summed E-state index contributed by atoms with van der Waals surface area (Å²) in [5.41, 5.74) is 0.467. The average molecular weight is 368 g/mol. The molecule has 0 saturated heterocycles. The van der Waals surface area contributed by atoms with Crippen LogP contribution in [-0.4, -0.2) is 35.1 Å². The summed E-state index contributed by atoms with van der Waals surface area (Å²) in [6.45, 7) is 2.90. The summed E-state index contributed by atoms with van der Waals surface area (Å²) in [5, 5.41) is 13.5. The van der Waals surface area contributed by atoms with Gasteiger partial charge in [-0.3, -0.25) is 14.9 Å². The molecule has 140 valence electrons. The Morgan fingerprint density at radius 1 is 1.04 bits per heavy atom. The highest BCUT2D eigenvalue weighted by Gasteiger charge is 2.12. The maximum atomic E-state index is 12.0. The number of carbonyl (C=O) groups excluding carboxylic acids is 1. The van der Waals surface area contributed by atoms with Crippen molar-refractivity contribution in [1.29, 1.82) is 0 Å².